The number of piperazine rings is 1. The molecule has 1 fully saturated rings. The van der Waals surface area contributed by atoms with E-state index in [1.165, 1.54) is 12.1 Å². The van der Waals surface area contributed by atoms with E-state index in [1.54, 1.807) is 18.3 Å². The van der Waals surface area contributed by atoms with Gasteiger partial charge in [-0.05, 0) is 23.8 Å². The average molecular weight is 328 g/mol. The van der Waals surface area contributed by atoms with Crippen LogP contribution in [0.2, 0.25) is 0 Å². The number of rotatable bonds is 5. The number of carbonyl (C=O) groups excluding carboxylic acids is 1. The lowest BCUT2D eigenvalue weighted by Crippen LogP contribution is -2.49. The highest BCUT2D eigenvalue weighted by Crippen LogP contribution is 2.12. The van der Waals surface area contributed by atoms with Crippen molar-refractivity contribution >= 4 is 5.91 Å². The number of aryl methyl sites for hydroxylation is 1. The van der Waals surface area contributed by atoms with Crippen LogP contribution < -0.4 is 0 Å². The van der Waals surface area contributed by atoms with E-state index in [0.29, 0.717) is 26.2 Å². The lowest BCUT2D eigenvalue weighted by molar-refractivity contribution is -0.136. The predicted octanol–water partition coefficient (Wildman–Crippen LogP) is 2.02. The number of nitrogens with zero attached hydrogens (tertiary/aromatic N) is 4. The summed E-state index contributed by atoms with van der Waals surface area (Å²) in [5.41, 5.74) is 1.89. The van der Waals surface area contributed by atoms with Crippen molar-refractivity contribution in [2.45, 2.75) is 26.4 Å². The summed E-state index contributed by atoms with van der Waals surface area (Å²) < 4.78 is 13.0. The van der Waals surface area contributed by atoms with E-state index < -0.39 is 0 Å². The second-order valence-corrected chi connectivity index (χ2v) is 5.97. The molecule has 0 atom stereocenters. The molecule has 1 saturated heterocycles. The number of carbonyl (C=O) groups is 1. The molecule has 0 aliphatic carbocycles. The molecule has 1 aromatic carbocycles. The number of halogens is 1. The molecule has 5 nitrogen and oxygen atoms in total. The summed E-state index contributed by atoms with van der Waals surface area (Å²) >= 11 is 0. The van der Waals surface area contributed by atoms with E-state index in [2.05, 4.69) is 14.9 Å². The fourth-order valence-electron chi connectivity index (χ4n) is 2.80. The molecular formula is C18H21FN4O. The summed E-state index contributed by atoms with van der Waals surface area (Å²) in [4.78, 5) is 25.0. The minimum atomic E-state index is -0.258. The molecule has 0 spiro atoms. The summed E-state index contributed by atoms with van der Waals surface area (Å²) in [6.45, 7) is 5.07. The number of hydrogen-bond acceptors (Lipinski definition) is 4. The van der Waals surface area contributed by atoms with Gasteiger partial charge in [0.2, 0.25) is 5.91 Å². The van der Waals surface area contributed by atoms with Crippen LogP contribution in [0.1, 0.15) is 24.0 Å². The molecule has 1 aromatic heterocycles. The van der Waals surface area contributed by atoms with E-state index in [-0.39, 0.29) is 11.7 Å². The quantitative estimate of drug-likeness (QED) is 0.843. The van der Waals surface area contributed by atoms with Crippen LogP contribution in [0.25, 0.3) is 0 Å². The Hall–Kier alpha value is -2.34. The van der Waals surface area contributed by atoms with Crippen LogP contribution in [-0.2, 0) is 24.3 Å². The van der Waals surface area contributed by atoms with Gasteiger partial charge in [0.25, 0.3) is 0 Å². The summed E-state index contributed by atoms with van der Waals surface area (Å²) in [7, 11) is 0. The average Bonchev–Trinajstić information content (AvgIpc) is 2.59. The summed E-state index contributed by atoms with van der Waals surface area (Å²) in [6.07, 6.45) is 2.58. The molecule has 0 unspecified atom stereocenters. The van der Waals surface area contributed by atoms with Gasteiger partial charge in [-0.1, -0.05) is 19.1 Å². The van der Waals surface area contributed by atoms with Crippen molar-refractivity contribution in [3.05, 3.63) is 59.4 Å². The number of aromatic nitrogens is 2. The normalized spacial score (nSPS) is 15.8. The first kappa shape index (κ1) is 16.5. The van der Waals surface area contributed by atoms with Gasteiger partial charge in [-0.3, -0.25) is 9.69 Å². The van der Waals surface area contributed by atoms with Crippen molar-refractivity contribution < 1.29 is 9.18 Å². The molecule has 0 bridgehead atoms. The van der Waals surface area contributed by atoms with Crippen molar-refractivity contribution in [3.63, 3.8) is 0 Å². The van der Waals surface area contributed by atoms with Crippen LogP contribution in [0.15, 0.2) is 36.5 Å². The molecule has 0 saturated carbocycles. The Morgan fingerprint density at radius 2 is 1.92 bits per heavy atom. The first-order valence-electron chi connectivity index (χ1n) is 8.19. The topological polar surface area (TPSA) is 49.3 Å². The maximum absolute atomic E-state index is 13.0. The van der Waals surface area contributed by atoms with Crippen LogP contribution in [0, 0.1) is 5.82 Å². The van der Waals surface area contributed by atoms with Gasteiger partial charge in [0.05, 0.1) is 12.2 Å². The Morgan fingerprint density at radius 1 is 1.12 bits per heavy atom. The molecule has 1 aliphatic heterocycles. The molecule has 1 amide bonds. The number of amides is 1. The molecule has 0 N–H and O–H groups in total. The molecule has 1 aliphatic rings. The molecule has 2 aromatic rings. The lowest BCUT2D eigenvalue weighted by Gasteiger charge is -2.34. The molecular weight excluding hydrogens is 307 g/mol. The third-order valence-electron chi connectivity index (χ3n) is 4.15. The first-order chi connectivity index (χ1) is 11.6. The Labute approximate surface area is 141 Å². The van der Waals surface area contributed by atoms with Crippen LogP contribution in [0.4, 0.5) is 4.39 Å². The van der Waals surface area contributed by atoms with Crippen molar-refractivity contribution in [2.24, 2.45) is 0 Å². The van der Waals surface area contributed by atoms with Gasteiger partial charge in [-0.25, -0.2) is 14.4 Å². The van der Waals surface area contributed by atoms with E-state index >= 15 is 0 Å². The van der Waals surface area contributed by atoms with E-state index in [0.717, 1.165) is 30.0 Å². The fraction of sp³-hybridized carbons (Fsp3) is 0.389. The molecule has 6 heteroatoms. The van der Waals surface area contributed by atoms with Crippen LogP contribution in [-0.4, -0.2) is 45.3 Å². The smallest absolute Gasteiger partial charge is 0.237 e. The maximum Gasteiger partial charge on any atom is 0.237 e. The highest BCUT2D eigenvalue weighted by Gasteiger charge is 2.24. The maximum atomic E-state index is 13.0. The zero-order chi connectivity index (χ0) is 16.9. The van der Waals surface area contributed by atoms with Gasteiger partial charge in [0, 0.05) is 38.8 Å². The standard InChI is InChI=1S/C18H21FN4O/c1-2-17-20-8-7-16(21-17)12-22-9-10-23(18(24)13-22)11-14-3-5-15(19)6-4-14/h3-8H,2,9-13H2,1H3. The van der Waals surface area contributed by atoms with Crippen LogP contribution >= 0.6 is 0 Å². The Balaban J connectivity index is 1.56. The fourth-order valence-corrected chi connectivity index (χ4v) is 2.80. The van der Waals surface area contributed by atoms with Crippen LogP contribution in [0.5, 0.6) is 0 Å². The zero-order valence-corrected chi connectivity index (χ0v) is 13.8. The SMILES string of the molecule is CCc1nccc(CN2CCN(Cc3ccc(F)cc3)C(=O)C2)n1. The summed E-state index contributed by atoms with van der Waals surface area (Å²) in [5.74, 6) is 0.662. The second-order valence-electron chi connectivity index (χ2n) is 5.97. The number of hydrogen-bond donors (Lipinski definition) is 0. The number of benzene rings is 1. The Bertz CT molecular complexity index is 704. The minimum absolute atomic E-state index is 0.0929. The van der Waals surface area contributed by atoms with E-state index in [4.69, 9.17) is 0 Å². The Morgan fingerprint density at radius 3 is 2.62 bits per heavy atom. The monoisotopic (exact) mass is 328 g/mol. The third-order valence-corrected chi connectivity index (χ3v) is 4.15. The second kappa shape index (κ2) is 7.49. The lowest BCUT2D eigenvalue weighted by atomic mass is 10.2. The van der Waals surface area contributed by atoms with Crippen molar-refractivity contribution in [1.82, 2.24) is 19.8 Å². The molecule has 2 heterocycles. The van der Waals surface area contributed by atoms with Gasteiger partial charge in [-0.15, -0.1) is 0 Å². The summed E-state index contributed by atoms with van der Waals surface area (Å²) in [5, 5.41) is 0. The molecule has 3 rings (SSSR count). The Kier molecular flexibility index (Phi) is 5.15. The van der Waals surface area contributed by atoms with Gasteiger partial charge in [0.15, 0.2) is 0 Å². The van der Waals surface area contributed by atoms with E-state index in [9.17, 15) is 9.18 Å². The third kappa shape index (κ3) is 4.14. The first-order valence-corrected chi connectivity index (χ1v) is 8.19. The van der Waals surface area contributed by atoms with Gasteiger partial charge < -0.3 is 4.90 Å². The molecule has 24 heavy (non-hydrogen) atoms. The summed E-state index contributed by atoms with van der Waals surface area (Å²) in [6, 6.07) is 8.20. The highest BCUT2D eigenvalue weighted by molar-refractivity contribution is 5.79. The van der Waals surface area contributed by atoms with Gasteiger partial charge in [0.1, 0.15) is 11.6 Å². The highest BCUT2D eigenvalue weighted by atomic mass is 19.1. The predicted molar refractivity (Wildman–Crippen MR) is 88.5 cm³/mol. The minimum Gasteiger partial charge on any atom is -0.336 e. The zero-order valence-electron chi connectivity index (χ0n) is 13.8. The van der Waals surface area contributed by atoms with Crippen molar-refractivity contribution in [1.29, 1.82) is 0 Å². The van der Waals surface area contributed by atoms with E-state index in [1.807, 2.05) is 17.9 Å². The molecule has 126 valence electrons. The van der Waals surface area contributed by atoms with Gasteiger partial charge >= 0.3 is 0 Å². The van der Waals surface area contributed by atoms with Crippen LogP contribution in [0.3, 0.4) is 0 Å². The van der Waals surface area contributed by atoms with Crippen molar-refractivity contribution in [2.75, 3.05) is 19.6 Å². The largest absolute Gasteiger partial charge is 0.336 e. The molecule has 0 radical (unpaired) electrons. The van der Waals surface area contributed by atoms with Gasteiger partial charge in [-0.2, -0.15) is 0 Å². The van der Waals surface area contributed by atoms with Crippen molar-refractivity contribution in [3.8, 4) is 0 Å².